The van der Waals surface area contributed by atoms with Crippen molar-refractivity contribution < 1.29 is 46.1 Å². The van der Waals surface area contributed by atoms with Crippen molar-refractivity contribution >= 4 is 11.9 Å². The summed E-state index contributed by atoms with van der Waals surface area (Å²) in [6.07, 6.45) is -5.14. The first-order chi connectivity index (χ1) is 15.0. The number of nitrogens with one attached hydrogen (secondary N) is 1. The number of hydrogen-bond donors (Lipinski definition) is 3. The van der Waals surface area contributed by atoms with Crippen molar-refractivity contribution in [3.63, 3.8) is 0 Å². The minimum Gasteiger partial charge on any atom is -0.475 e. The predicted molar refractivity (Wildman–Crippen MR) is 103 cm³/mol. The fourth-order valence-corrected chi connectivity index (χ4v) is 2.31. The Morgan fingerprint density at radius 2 is 1.55 bits per heavy atom. The van der Waals surface area contributed by atoms with Gasteiger partial charge in [0.05, 0.1) is 5.69 Å². The fourth-order valence-electron chi connectivity index (χ4n) is 2.31. The van der Waals surface area contributed by atoms with Crippen LogP contribution >= 0.6 is 0 Å². The van der Waals surface area contributed by atoms with Crippen molar-refractivity contribution in [1.82, 2.24) is 24.6 Å². The second-order valence-electron chi connectivity index (χ2n) is 6.78. The number of carboxylic acids is 2. The summed E-state index contributed by atoms with van der Waals surface area (Å²) < 4.78 is 65.7. The normalized spacial score (nSPS) is 11.4. The smallest absolute Gasteiger partial charge is 0.475 e. The molecule has 2 aromatic rings. The zero-order valence-electron chi connectivity index (χ0n) is 18.3. The number of imidazole rings is 1. The average molecular weight is 489 g/mol. The number of carbonyl (C=O) groups is 2. The molecule has 0 aliphatic heterocycles. The first kappa shape index (κ1) is 29.9. The number of aliphatic carboxylic acids is 2. The molecule has 9 nitrogen and oxygen atoms in total. The van der Waals surface area contributed by atoms with Gasteiger partial charge in [-0.15, -0.1) is 0 Å². The molecule has 0 atom stereocenters. The summed E-state index contributed by atoms with van der Waals surface area (Å²) in [7, 11) is 2.16. The van der Waals surface area contributed by atoms with Crippen molar-refractivity contribution in [2.75, 3.05) is 13.6 Å². The minimum absolute atomic E-state index is 0.955. The Kier molecular flexibility index (Phi) is 11.6. The third-order valence-electron chi connectivity index (χ3n) is 4.06. The minimum atomic E-state index is -5.08. The van der Waals surface area contributed by atoms with Gasteiger partial charge in [-0.2, -0.15) is 31.4 Å². The number of rotatable bonds is 6. The van der Waals surface area contributed by atoms with E-state index in [1.54, 1.807) is 0 Å². The lowest BCUT2D eigenvalue weighted by Gasteiger charge is -2.17. The zero-order chi connectivity index (χ0) is 26.0. The lowest BCUT2D eigenvalue weighted by atomic mass is 10.2. The van der Waals surface area contributed by atoms with E-state index in [1.165, 1.54) is 11.3 Å². The number of H-pyrrole nitrogens is 1. The first-order valence-corrected chi connectivity index (χ1v) is 9.23. The van der Waals surface area contributed by atoms with Crippen molar-refractivity contribution in [2.24, 2.45) is 0 Å². The van der Waals surface area contributed by atoms with Gasteiger partial charge in [-0.3, -0.25) is 5.10 Å². The Morgan fingerprint density at radius 3 is 1.88 bits per heavy atom. The van der Waals surface area contributed by atoms with Crippen LogP contribution in [-0.4, -0.2) is 72.7 Å². The van der Waals surface area contributed by atoms with Gasteiger partial charge in [0.15, 0.2) is 0 Å². The third kappa shape index (κ3) is 11.9. The second-order valence-corrected chi connectivity index (χ2v) is 6.78. The fraction of sp³-hybridized carbons (Fsp3) is 0.556. The van der Waals surface area contributed by atoms with Crippen molar-refractivity contribution in [3.8, 4) is 0 Å². The molecule has 2 aromatic heterocycles. The molecule has 0 bridgehead atoms. The molecule has 0 aromatic carbocycles. The summed E-state index contributed by atoms with van der Waals surface area (Å²) in [5.41, 5.74) is 3.60. The van der Waals surface area contributed by atoms with Gasteiger partial charge in [0.25, 0.3) is 0 Å². The number of carboxylic acid groups (broad SMARTS) is 2. The number of hydrogen-bond acceptors (Lipinski definition) is 5. The molecule has 0 aliphatic carbocycles. The highest BCUT2D eigenvalue weighted by Gasteiger charge is 2.38. The van der Waals surface area contributed by atoms with Crippen LogP contribution in [0.15, 0.2) is 12.4 Å². The van der Waals surface area contributed by atoms with Gasteiger partial charge in [-0.1, -0.05) is 0 Å². The zero-order valence-corrected chi connectivity index (χ0v) is 18.3. The highest BCUT2D eigenvalue weighted by molar-refractivity contribution is 5.73. The van der Waals surface area contributed by atoms with Crippen LogP contribution in [-0.2, 0) is 22.7 Å². The van der Waals surface area contributed by atoms with Crippen LogP contribution in [0.2, 0.25) is 0 Å². The Balaban J connectivity index is 0.000000605. The van der Waals surface area contributed by atoms with Crippen LogP contribution in [0.1, 0.15) is 29.2 Å². The van der Waals surface area contributed by atoms with Crippen LogP contribution in [0.3, 0.4) is 0 Å². The number of aromatic amines is 1. The monoisotopic (exact) mass is 489 g/mol. The number of nitrogens with zero attached hydrogens (tertiary/aromatic N) is 4. The van der Waals surface area contributed by atoms with Gasteiger partial charge in [0.1, 0.15) is 5.82 Å². The molecule has 0 saturated carbocycles. The molecule has 2 rings (SSSR count). The lowest BCUT2D eigenvalue weighted by molar-refractivity contribution is -0.193. The molecule has 0 spiro atoms. The van der Waals surface area contributed by atoms with Crippen LogP contribution in [0, 0.1) is 20.8 Å². The quantitative estimate of drug-likeness (QED) is 0.532. The van der Waals surface area contributed by atoms with E-state index >= 15 is 0 Å². The highest BCUT2D eigenvalue weighted by atomic mass is 19.4. The van der Waals surface area contributed by atoms with E-state index in [2.05, 4.69) is 45.5 Å². The Bertz CT molecular complexity index is 848. The maximum atomic E-state index is 10.6. The molecule has 33 heavy (non-hydrogen) atoms. The molecule has 2 heterocycles. The van der Waals surface area contributed by atoms with Gasteiger partial charge in [-0.05, 0) is 40.8 Å². The lowest BCUT2D eigenvalue weighted by Crippen LogP contribution is -2.21. The molecule has 0 unspecified atom stereocenters. The van der Waals surface area contributed by atoms with E-state index in [0.717, 1.165) is 37.6 Å². The second kappa shape index (κ2) is 12.8. The van der Waals surface area contributed by atoms with E-state index in [4.69, 9.17) is 19.8 Å². The molecule has 15 heteroatoms. The number of halogens is 6. The van der Waals surface area contributed by atoms with Crippen LogP contribution in [0.25, 0.3) is 0 Å². The Morgan fingerprint density at radius 1 is 1.06 bits per heavy atom. The molecule has 0 aliphatic rings. The van der Waals surface area contributed by atoms with Gasteiger partial charge in [-0.25, -0.2) is 14.6 Å². The summed E-state index contributed by atoms with van der Waals surface area (Å²) in [5, 5.41) is 21.5. The van der Waals surface area contributed by atoms with Gasteiger partial charge < -0.3 is 19.7 Å². The SMILES string of the molecule is Cc1n[nH]c(C)c1CN(C)CCCn1ccnc1C.O=C(O)C(F)(F)F.O=C(O)C(F)(F)F. The van der Waals surface area contributed by atoms with Crippen LogP contribution < -0.4 is 0 Å². The van der Waals surface area contributed by atoms with Gasteiger partial charge in [0.2, 0.25) is 0 Å². The first-order valence-electron chi connectivity index (χ1n) is 9.23. The molecular formula is C18H25F6N5O4. The number of alkyl halides is 6. The van der Waals surface area contributed by atoms with E-state index in [0.29, 0.717) is 0 Å². The van der Waals surface area contributed by atoms with E-state index in [1.807, 2.05) is 19.3 Å². The molecule has 0 fully saturated rings. The summed E-state index contributed by atoms with van der Waals surface area (Å²) in [6.45, 7) is 9.24. The largest absolute Gasteiger partial charge is 0.490 e. The molecule has 0 saturated heterocycles. The number of aromatic nitrogens is 4. The Hall–Kier alpha value is -3.10. The highest BCUT2D eigenvalue weighted by Crippen LogP contribution is 2.14. The van der Waals surface area contributed by atoms with E-state index in [9.17, 15) is 26.3 Å². The molecule has 3 N–H and O–H groups in total. The van der Waals surface area contributed by atoms with Crippen LogP contribution in [0.5, 0.6) is 0 Å². The Labute approximate surface area is 185 Å². The summed E-state index contributed by atoms with van der Waals surface area (Å²) >= 11 is 0. The summed E-state index contributed by atoms with van der Waals surface area (Å²) in [4.78, 5) is 24.4. The predicted octanol–water partition coefficient (Wildman–Crippen LogP) is 3.32. The maximum Gasteiger partial charge on any atom is 0.490 e. The molecule has 188 valence electrons. The summed E-state index contributed by atoms with van der Waals surface area (Å²) in [6, 6.07) is 0. The topological polar surface area (TPSA) is 124 Å². The van der Waals surface area contributed by atoms with Gasteiger partial charge >= 0.3 is 24.3 Å². The summed E-state index contributed by atoms with van der Waals surface area (Å²) in [5.74, 6) is -4.43. The number of aryl methyl sites for hydroxylation is 4. The van der Waals surface area contributed by atoms with Crippen molar-refractivity contribution in [3.05, 3.63) is 35.2 Å². The third-order valence-corrected chi connectivity index (χ3v) is 4.06. The van der Waals surface area contributed by atoms with Crippen molar-refractivity contribution in [2.45, 2.75) is 52.6 Å². The molecular weight excluding hydrogens is 464 g/mol. The van der Waals surface area contributed by atoms with E-state index < -0.39 is 24.3 Å². The molecule has 0 radical (unpaired) electrons. The maximum absolute atomic E-state index is 10.6. The standard InChI is InChI=1S/C14H23N5.2C2HF3O2/c1-11-14(12(2)17-16-11)10-18(4)7-5-8-19-9-6-15-13(19)3;2*3-2(4,5)1(6)7/h6,9H,5,7-8,10H2,1-4H3,(H,16,17);2*(H,6,7). The van der Waals surface area contributed by atoms with Crippen molar-refractivity contribution in [1.29, 1.82) is 0 Å². The average Bonchev–Trinajstić information content (AvgIpc) is 3.21. The van der Waals surface area contributed by atoms with Gasteiger partial charge in [0, 0.05) is 36.7 Å². The van der Waals surface area contributed by atoms with Crippen LogP contribution in [0.4, 0.5) is 26.3 Å². The van der Waals surface area contributed by atoms with E-state index in [-0.39, 0.29) is 0 Å². The molecule has 0 amide bonds.